The van der Waals surface area contributed by atoms with Crippen LogP contribution >= 0.6 is 0 Å². The Morgan fingerprint density at radius 2 is 2.00 bits per heavy atom. The van der Waals surface area contributed by atoms with Gasteiger partial charge in [0, 0.05) is 11.3 Å². The van der Waals surface area contributed by atoms with E-state index in [-0.39, 0.29) is 5.41 Å². The number of ether oxygens (including phenoxy) is 1. The summed E-state index contributed by atoms with van der Waals surface area (Å²) in [6, 6.07) is 5.25. The molecule has 4 nitrogen and oxygen atoms in total. The third kappa shape index (κ3) is 2.89. The van der Waals surface area contributed by atoms with Crippen molar-refractivity contribution in [2.75, 3.05) is 12.4 Å². The predicted octanol–water partition coefficient (Wildman–Crippen LogP) is 3.08. The van der Waals surface area contributed by atoms with Gasteiger partial charge in [0.05, 0.1) is 7.11 Å². The molecular weight excluding hydrogens is 206 g/mol. The molecule has 1 aromatic carbocycles. The second kappa shape index (κ2) is 4.43. The normalized spacial score (nSPS) is 11.0. The Kier molecular flexibility index (Phi) is 3.42. The van der Waals surface area contributed by atoms with Crippen LogP contribution in [0, 0.1) is 0 Å². The van der Waals surface area contributed by atoms with Crippen molar-refractivity contribution in [3.8, 4) is 5.75 Å². The predicted molar refractivity (Wildman–Crippen MR) is 63.3 cm³/mol. The van der Waals surface area contributed by atoms with E-state index in [9.17, 15) is 4.79 Å². The lowest BCUT2D eigenvalue weighted by Gasteiger charge is -2.22. The minimum Gasteiger partial charge on any atom is -0.496 e. The fourth-order valence-electron chi connectivity index (χ4n) is 1.50. The minimum atomic E-state index is -1.06. The maximum absolute atomic E-state index is 10.5. The molecule has 1 aromatic rings. The van der Waals surface area contributed by atoms with Crippen molar-refractivity contribution in [1.29, 1.82) is 0 Å². The number of nitrogens with one attached hydrogen (secondary N) is 1. The van der Waals surface area contributed by atoms with E-state index in [2.05, 4.69) is 26.1 Å². The van der Waals surface area contributed by atoms with Gasteiger partial charge in [0.25, 0.3) is 0 Å². The fourth-order valence-corrected chi connectivity index (χ4v) is 1.50. The SMILES string of the molecule is COc1ccc(NC(=O)O)cc1C(C)(C)C. The van der Waals surface area contributed by atoms with Gasteiger partial charge in [-0.3, -0.25) is 5.32 Å². The van der Waals surface area contributed by atoms with Crippen molar-refractivity contribution in [3.63, 3.8) is 0 Å². The number of amides is 1. The van der Waals surface area contributed by atoms with Crippen LogP contribution < -0.4 is 10.1 Å². The molecule has 0 unspecified atom stereocenters. The zero-order valence-electron chi connectivity index (χ0n) is 10.00. The average molecular weight is 223 g/mol. The molecule has 0 radical (unpaired) electrons. The number of benzene rings is 1. The fraction of sp³-hybridized carbons (Fsp3) is 0.417. The Morgan fingerprint density at radius 1 is 1.38 bits per heavy atom. The molecule has 1 rings (SSSR count). The van der Waals surface area contributed by atoms with Gasteiger partial charge in [-0.2, -0.15) is 0 Å². The molecular formula is C12H17NO3. The van der Waals surface area contributed by atoms with Crippen LogP contribution in [0.4, 0.5) is 10.5 Å². The summed E-state index contributed by atoms with van der Waals surface area (Å²) < 4.78 is 5.26. The van der Waals surface area contributed by atoms with E-state index in [1.54, 1.807) is 25.3 Å². The lowest BCUT2D eigenvalue weighted by molar-refractivity contribution is 0.209. The van der Waals surface area contributed by atoms with Crippen molar-refractivity contribution in [3.05, 3.63) is 23.8 Å². The summed E-state index contributed by atoms with van der Waals surface area (Å²) in [4.78, 5) is 10.5. The van der Waals surface area contributed by atoms with Crippen LogP contribution in [0.2, 0.25) is 0 Å². The number of anilines is 1. The highest BCUT2D eigenvalue weighted by molar-refractivity contribution is 5.83. The third-order valence-corrected chi connectivity index (χ3v) is 2.26. The molecule has 0 fully saturated rings. The summed E-state index contributed by atoms with van der Waals surface area (Å²) >= 11 is 0. The summed E-state index contributed by atoms with van der Waals surface area (Å²) in [7, 11) is 1.61. The van der Waals surface area contributed by atoms with Gasteiger partial charge in [-0.05, 0) is 23.6 Å². The lowest BCUT2D eigenvalue weighted by atomic mass is 9.86. The minimum absolute atomic E-state index is 0.0957. The van der Waals surface area contributed by atoms with E-state index >= 15 is 0 Å². The Morgan fingerprint density at radius 3 is 2.44 bits per heavy atom. The van der Waals surface area contributed by atoms with Gasteiger partial charge in [0.15, 0.2) is 0 Å². The molecule has 0 heterocycles. The molecule has 4 heteroatoms. The maximum atomic E-state index is 10.5. The average Bonchev–Trinajstić information content (AvgIpc) is 2.15. The van der Waals surface area contributed by atoms with E-state index in [4.69, 9.17) is 9.84 Å². The molecule has 0 bridgehead atoms. The number of hydrogen-bond donors (Lipinski definition) is 2. The van der Waals surface area contributed by atoms with Gasteiger partial charge in [0.1, 0.15) is 5.75 Å². The lowest BCUT2D eigenvalue weighted by Crippen LogP contribution is -2.14. The molecule has 2 N–H and O–H groups in total. The first-order valence-corrected chi connectivity index (χ1v) is 5.03. The highest BCUT2D eigenvalue weighted by Gasteiger charge is 2.19. The topological polar surface area (TPSA) is 58.6 Å². The number of carboxylic acid groups (broad SMARTS) is 1. The van der Waals surface area contributed by atoms with Gasteiger partial charge in [-0.15, -0.1) is 0 Å². The first-order valence-electron chi connectivity index (χ1n) is 5.03. The van der Waals surface area contributed by atoms with Gasteiger partial charge >= 0.3 is 6.09 Å². The first kappa shape index (κ1) is 12.4. The highest BCUT2D eigenvalue weighted by atomic mass is 16.5. The molecule has 0 atom stereocenters. The van der Waals surface area contributed by atoms with Gasteiger partial charge in [0.2, 0.25) is 0 Å². The molecule has 0 aliphatic heterocycles. The van der Waals surface area contributed by atoms with Gasteiger partial charge in [-0.1, -0.05) is 20.8 Å². The van der Waals surface area contributed by atoms with E-state index in [1.165, 1.54) is 0 Å². The second-order valence-electron chi connectivity index (χ2n) is 4.60. The largest absolute Gasteiger partial charge is 0.496 e. The van der Waals surface area contributed by atoms with Gasteiger partial charge in [-0.25, -0.2) is 4.79 Å². The van der Waals surface area contributed by atoms with Crippen LogP contribution in [0.25, 0.3) is 0 Å². The number of rotatable bonds is 2. The maximum Gasteiger partial charge on any atom is 0.409 e. The Balaban J connectivity index is 3.16. The molecule has 0 aromatic heterocycles. The molecule has 0 saturated heterocycles. The van der Waals surface area contributed by atoms with Crippen LogP contribution in [0.5, 0.6) is 5.75 Å². The molecule has 1 amide bonds. The number of carbonyl (C=O) groups is 1. The van der Waals surface area contributed by atoms with E-state index in [0.29, 0.717) is 5.69 Å². The van der Waals surface area contributed by atoms with Crippen LogP contribution in [0.1, 0.15) is 26.3 Å². The molecule has 0 saturated carbocycles. The Hall–Kier alpha value is -1.71. The summed E-state index contributed by atoms with van der Waals surface area (Å²) in [5.41, 5.74) is 1.43. The standard InChI is InChI=1S/C12H17NO3/c1-12(2,3)9-7-8(13-11(14)15)5-6-10(9)16-4/h5-7,13H,1-4H3,(H,14,15). The summed E-state index contributed by atoms with van der Waals surface area (Å²) in [5, 5.41) is 11.0. The van der Waals surface area contributed by atoms with Gasteiger partial charge < -0.3 is 9.84 Å². The van der Waals surface area contributed by atoms with Crippen molar-refractivity contribution < 1.29 is 14.6 Å². The third-order valence-electron chi connectivity index (χ3n) is 2.26. The van der Waals surface area contributed by atoms with Crippen molar-refractivity contribution in [1.82, 2.24) is 0 Å². The van der Waals surface area contributed by atoms with Crippen molar-refractivity contribution >= 4 is 11.8 Å². The summed E-state index contributed by atoms with van der Waals surface area (Å²) in [5.74, 6) is 0.767. The highest BCUT2D eigenvalue weighted by Crippen LogP contribution is 2.33. The molecule has 0 aliphatic carbocycles. The molecule has 0 aliphatic rings. The van der Waals surface area contributed by atoms with Crippen molar-refractivity contribution in [2.24, 2.45) is 0 Å². The molecule has 0 spiro atoms. The van der Waals surface area contributed by atoms with E-state index in [1.807, 2.05) is 0 Å². The van der Waals surface area contributed by atoms with Crippen LogP contribution in [-0.2, 0) is 5.41 Å². The smallest absolute Gasteiger partial charge is 0.409 e. The zero-order valence-corrected chi connectivity index (χ0v) is 10.00. The number of methoxy groups -OCH3 is 1. The Labute approximate surface area is 95.2 Å². The zero-order chi connectivity index (χ0) is 12.3. The number of hydrogen-bond acceptors (Lipinski definition) is 2. The van der Waals surface area contributed by atoms with Crippen molar-refractivity contribution in [2.45, 2.75) is 26.2 Å². The van der Waals surface area contributed by atoms with E-state index < -0.39 is 6.09 Å². The summed E-state index contributed by atoms with van der Waals surface area (Å²) in [6.45, 7) is 6.15. The first-order chi connectivity index (χ1) is 7.34. The second-order valence-corrected chi connectivity index (χ2v) is 4.60. The summed E-state index contributed by atoms with van der Waals surface area (Å²) in [6.07, 6.45) is -1.06. The van der Waals surface area contributed by atoms with Crippen LogP contribution in [0.15, 0.2) is 18.2 Å². The van der Waals surface area contributed by atoms with Crippen LogP contribution in [0.3, 0.4) is 0 Å². The van der Waals surface area contributed by atoms with Crippen LogP contribution in [-0.4, -0.2) is 18.3 Å². The monoisotopic (exact) mass is 223 g/mol. The Bertz CT molecular complexity index is 394. The van der Waals surface area contributed by atoms with E-state index in [0.717, 1.165) is 11.3 Å². The quantitative estimate of drug-likeness (QED) is 0.810. The molecule has 88 valence electrons. The molecule has 16 heavy (non-hydrogen) atoms.